The van der Waals surface area contributed by atoms with Gasteiger partial charge >= 0.3 is 6.03 Å². The molecule has 1 saturated heterocycles. The quantitative estimate of drug-likeness (QED) is 0.297. The highest BCUT2D eigenvalue weighted by atomic mass is 35.5. The van der Waals surface area contributed by atoms with E-state index in [0.29, 0.717) is 46.0 Å². The molecule has 0 spiro atoms. The number of carbonyl (C=O) groups is 2. The number of nitrogens with one attached hydrogen (secondary N) is 1. The van der Waals surface area contributed by atoms with Crippen molar-refractivity contribution in [3.05, 3.63) is 93.5 Å². The van der Waals surface area contributed by atoms with Gasteiger partial charge in [0.15, 0.2) is 0 Å². The predicted molar refractivity (Wildman–Crippen MR) is 178 cm³/mol. The monoisotopic (exact) mass is 651 g/mol. The average Bonchev–Trinajstić information content (AvgIpc) is 3.42. The molecule has 3 aromatic carbocycles. The molecule has 2 aliphatic heterocycles. The Morgan fingerprint density at radius 2 is 1.56 bits per heavy atom. The van der Waals surface area contributed by atoms with Gasteiger partial charge in [0.25, 0.3) is 0 Å². The molecule has 0 aliphatic carbocycles. The molecule has 238 valence electrons. The van der Waals surface area contributed by atoms with E-state index in [4.69, 9.17) is 37.7 Å². The predicted octanol–water partition coefficient (Wildman–Crippen LogP) is 6.21. The van der Waals surface area contributed by atoms with Crippen LogP contribution in [-0.2, 0) is 4.79 Å². The summed E-state index contributed by atoms with van der Waals surface area (Å²) >= 11 is 12.5. The van der Waals surface area contributed by atoms with Crippen LogP contribution in [0.1, 0.15) is 49.0 Å². The van der Waals surface area contributed by atoms with E-state index in [-0.39, 0.29) is 31.0 Å². The molecule has 5 rings (SSSR count). The van der Waals surface area contributed by atoms with Gasteiger partial charge in [0.1, 0.15) is 23.4 Å². The molecule has 1 fully saturated rings. The van der Waals surface area contributed by atoms with Crippen molar-refractivity contribution in [3.8, 4) is 11.5 Å². The third kappa shape index (κ3) is 7.72. The van der Waals surface area contributed by atoms with Crippen LogP contribution in [0, 0.1) is 0 Å². The Balaban J connectivity index is 1.53. The Morgan fingerprint density at radius 3 is 2.16 bits per heavy atom. The van der Waals surface area contributed by atoms with Crippen LogP contribution >= 0.6 is 23.2 Å². The lowest BCUT2D eigenvalue weighted by molar-refractivity contribution is -0.132. The summed E-state index contributed by atoms with van der Waals surface area (Å²) < 4.78 is 11.7. The molecule has 0 radical (unpaired) electrons. The fraction of sp³-hybridized carbons (Fsp3) is 0.382. The Kier molecular flexibility index (Phi) is 10.5. The number of methoxy groups -OCH3 is 1. The highest BCUT2D eigenvalue weighted by Crippen LogP contribution is 2.45. The molecule has 3 aromatic rings. The molecule has 2 heterocycles. The van der Waals surface area contributed by atoms with Crippen molar-refractivity contribution in [1.29, 1.82) is 0 Å². The number of likely N-dealkylation sites (N-methyl/N-ethyl adjacent to an activating group) is 1. The molecule has 0 aromatic heterocycles. The van der Waals surface area contributed by atoms with Crippen molar-refractivity contribution in [2.24, 2.45) is 4.99 Å². The number of hydrogen-bond donors (Lipinski definition) is 1. The smallest absolute Gasteiger partial charge is 0.323 e. The number of hydrogen-bond acceptors (Lipinski definition) is 6. The minimum Gasteiger partial charge on any atom is -0.497 e. The summed E-state index contributed by atoms with van der Waals surface area (Å²) in [6.07, 6.45) is 0.0616. The Morgan fingerprint density at radius 1 is 0.933 bits per heavy atom. The summed E-state index contributed by atoms with van der Waals surface area (Å²) in [6, 6.07) is 19.0. The lowest BCUT2D eigenvalue weighted by Crippen LogP contribution is -2.48. The zero-order valence-corrected chi connectivity index (χ0v) is 27.5. The number of amidine groups is 1. The first-order valence-electron chi connectivity index (χ1n) is 15.1. The number of urea groups is 1. The standard InChI is InChI=1S/C34H39Cl2N5O4/c1-22(2)45-29-21-27(44-4)13-14-28(29)33-38-31(23-5-9-25(35)10-6-23)32(24-7-11-26(36)12-8-24)41(33)34(43)37-16-15-30(42)40-19-17-39(3)18-20-40/h5-14,21-22,31-32H,15-20H2,1-4H3,(H,37,43)/t31-,32+/m1/s1. The summed E-state index contributed by atoms with van der Waals surface area (Å²) in [4.78, 5) is 38.1. The van der Waals surface area contributed by atoms with E-state index in [2.05, 4.69) is 10.2 Å². The van der Waals surface area contributed by atoms with Gasteiger partial charge < -0.3 is 24.6 Å². The van der Waals surface area contributed by atoms with Crippen LogP contribution in [0.15, 0.2) is 71.7 Å². The third-order valence-electron chi connectivity index (χ3n) is 7.97. The molecule has 45 heavy (non-hydrogen) atoms. The van der Waals surface area contributed by atoms with Gasteiger partial charge in [0.2, 0.25) is 5.91 Å². The number of ether oxygens (including phenoxy) is 2. The molecule has 0 bridgehead atoms. The van der Waals surface area contributed by atoms with Crippen molar-refractivity contribution in [3.63, 3.8) is 0 Å². The molecule has 1 N–H and O–H groups in total. The second-order valence-electron chi connectivity index (χ2n) is 11.5. The number of benzene rings is 3. The van der Waals surface area contributed by atoms with E-state index in [1.165, 1.54) is 0 Å². The summed E-state index contributed by atoms with van der Waals surface area (Å²) in [5.74, 6) is 1.62. The van der Waals surface area contributed by atoms with Crippen LogP contribution in [0.3, 0.4) is 0 Å². The highest BCUT2D eigenvalue weighted by molar-refractivity contribution is 6.30. The molecule has 2 aliphatic rings. The van der Waals surface area contributed by atoms with Crippen molar-refractivity contribution in [2.75, 3.05) is 46.9 Å². The van der Waals surface area contributed by atoms with Crippen LogP contribution in [0.25, 0.3) is 0 Å². The first-order valence-corrected chi connectivity index (χ1v) is 15.9. The van der Waals surface area contributed by atoms with E-state index < -0.39 is 12.1 Å². The van der Waals surface area contributed by atoms with Crippen molar-refractivity contribution in [2.45, 2.75) is 38.5 Å². The largest absolute Gasteiger partial charge is 0.497 e. The van der Waals surface area contributed by atoms with Crippen LogP contribution < -0.4 is 14.8 Å². The lowest BCUT2D eigenvalue weighted by Gasteiger charge is -2.33. The maximum Gasteiger partial charge on any atom is 0.323 e. The molecular weight excluding hydrogens is 613 g/mol. The number of amides is 3. The number of piperazine rings is 1. The number of halogens is 2. The van der Waals surface area contributed by atoms with Gasteiger partial charge in [-0.1, -0.05) is 47.5 Å². The number of carbonyl (C=O) groups excluding carboxylic acids is 2. The molecule has 11 heteroatoms. The Hall–Kier alpha value is -3.79. The summed E-state index contributed by atoms with van der Waals surface area (Å²) in [7, 11) is 3.64. The van der Waals surface area contributed by atoms with E-state index in [1.807, 2.05) is 74.3 Å². The summed E-state index contributed by atoms with van der Waals surface area (Å²) in [5.41, 5.74) is 2.38. The van der Waals surface area contributed by atoms with Gasteiger partial charge in [0, 0.05) is 55.3 Å². The average molecular weight is 653 g/mol. The normalized spacial score (nSPS) is 18.6. The van der Waals surface area contributed by atoms with Gasteiger partial charge in [-0.2, -0.15) is 0 Å². The van der Waals surface area contributed by atoms with E-state index >= 15 is 0 Å². The molecule has 9 nitrogen and oxygen atoms in total. The lowest BCUT2D eigenvalue weighted by atomic mass is 9.94. The van der Waals surface area contributed by atoms with Crippen molar-refractivity contribution < 1.29 is 19.1 Å². The second-order valence-corrected chi connectivity index (χ2v) is 12.4. The van der Waals surface area contributed by atoms with Gasteiger partial charge in [-0.05, 0) is 68.4 Å². The Bertz CT molecular complexity index is 1520. The second kappa shape index (κ2) is 14.5. The zero-order valence-electron chi connectivity index (χ0n) is 26.0. The SMILES string of the molecule is COc1ccc(C2=N[C@H](c3ccc(Cl)cc3)[C@H](c3ccc(Cl)cc3)N2C(=O)NCCC(=O)N2CCN(C)CC2)c(OC(C)C)c1. The van der Waals surface area contributed by atoms with Crippen LogP contribution in [0.5, 0.6) is 11.5 Å². The van der Waals surface area contributed by atoms with Gasteiger partial charge in [-0.25, -0.2) is 4.79 Å². The minimum atomic E-state index is -0.527. The summed E-state index contributed by atoms with van der Waals surface area (Å²) in [6.45, 7) is 7.10. The van der Waals surface area contributed by atoms with Crippen LogP contribution in [0.4, 0.5) is 4.79 Å². The van der Waals surface area contributed by atoms with E-state index in [0.717, 1.165) is 24.2 Å². The number of nitrogens with zero attached hydrogens (tertiary/aromatic N) is 4. The number of rotatable bonds is 9. The third-order valence-corrected chi connectivity index (χ3v) is 8.48. The first kappa shape index (κ1) is 32.6. The van der Waals surface area contributed by atoms with Crippen molar-refractivity contribution in [1.82, 2.24) is 20.0 Å². The molecule has 0 saturated carbocycles. The van der Waals surface area contributed by atoms with Gasteiger partial charge in [-0.3, -0.25) is 14.7 Å². The first-order chi connectivity index (χ1) is 21.6. The van der Waals surface area contributed by atoms with E-state index in [9.17, 15) is 9.59 Å². The topological polar surface area (TPSA) is 86.7 Å². The zero-order chi connectivity index (χ0) is 32.1. The van der Waals surface area contributed by atoms with Crippen molar-refractivity contribution >= 4 is 41.0 Å². The van der Waals surface area contributed by atoms with Crippen LogP contribution in [-0.4, -0.2) is 85.5 Å². The summed E-state index contributed by atoms with van der Waals surface area (Å²) in [5, 5.41) is 4.20. The fourth-order valence-electron chi connectivity index (χ4n) is 5.61. The molecule has 2 atom stereocenters. The maximum atomic E-state index is 14.3. The highest BCUT2D eigenvalue weighted by Gasteiger charge is 2.43. The molecular formula is C34H39Cl2N5O4. The van der Waals surface area contributed by atoms with Crippen LogP contribution in [0.2, 0.25) is 10.0 Å². The van der Waals surface area contributed by atoms with Gasteiger partial charge in [0.05, 0.1) is 24.8 Å². The number of aliphatic imine (C=N–C) groups is 1. The maximum absolute atomic E-state index is 14.3. The van der Waals surface area contributed by atoms with Gasteiger partial charge in [-0.15, -0.1) is 0 Å². The fourth-order valence-corrected chi connectivity index (χ4v) is 5.86. The Labute approximate surface area is 274 Å². The molecule has 3 amide bonds. The molecule has 0 unspecified atom stereocenters. The minimum absolute atomic E-state index is 0.0229. The van der Waals surface area contributed by atoms with E-state index in [1.54, 1.807) is 30.2 Å².